The fraction of sp³-hybridized carbons (Fsp3) is 0.820. The van der Waals surface area contributed by atoms with Crippen molar-refractivity contribution in [1.82, 2.24) is 0 Å². The molecule has 6 N–H and O–H groups in total. The third kappa shape index (κ3) is 42.3. The van der Waals surface area contributed by atoms with E-state index < -0.39 is 69.9 Å². The molecule has 0 heterocycles. The molecule has 0 fully saturated rings. The van der Waals surface area contributed by atoms with Gasteiger partial charge in [-0.05, 0) is 51.4 Å². The molecule has 0 aliphatic rings. The lowest BCUT2D eigenvalue weighted by Crippen LogP contribution is -2.34. The molecule has 0 saturated carbocycles. The highest BCUT2D eigenvalue weighted by Crippen LogP contribution is 2.43. The predicted octanol–water partition coefficient (Wildman–Crippen LogP) is 11.9. The molecule has 3 unspecified atom stereocenters. The number of nitrogens with two attached hydrogens (primary N) is 1. The van der Waals surface area contributed by atoms with E-state index in [0.29, 0.717) is 12.8 Å². The summed E-state index contributed by atoms with van der Waals surface area (Å²) < 4.78 is 32.6. The lowest BCUT2D eigenvalue weighted by atomic mass is 10.0. The monoisotopic (exact) mass is 930 g/mol. The average Bonchev–Trinajstić information content (AvgIpc) is 3.27. The number of carbonyl (C=O) groups is 3. The van der Waals surface area contributed by atoms with Crippen LogP contribution in [0.3, 0.4) is 0 Å². The van der Waals surface area contributed by atoms with Crippen LogP contribution in [-0.2, 0) is 37.5 Å². The zero-order valence-electron chi connectivity index (χ0n) is 40.1. The summed E-state index contributed by atoms with van der Waals surface area (Å²) in [5.41, 5.74) is 5.33. The largest absolute Gasteiger partial charge is 0.480 e. The molecule has 0 radical (unpaired) electrons. The number of carboxylic acids is 1. The molecule has 0 aromatic heterocycles. The number of hydrogen-bond donors (Lipinski definition) is 5. The summed E-state index contributed by atoms with van der Waals surface area (Å²) in [5.74, 6) is -2.69. The van der Waals surface area contributed by atoms with Crippen LogP contribution in [0.1, 0.15) is 219 Å². The minimum absolute atomic E-state index is 0.119. The zero-order valence-corrected chi connectivity index (χ0v) is 41.0. The van der Waals surface area contributed by atoms with E-state index >= 15 is 0 Å². The van der Waals surface area contributed by atoms with Crippen LogP contribution in [0.5, 0.6) is 0 Å². The Morgan fingerprint density at radius 3 is 1.50 bits per heavy atom. The van der Waals surface area contributed by atoms with Crippen molar-refractivity contribution in [3.05, 3.63) is 36.5 Å². The number of carboxylic acid groups (broad SMARTS) is 1. The highest BCUT2D eigenvalue weighted by Gasteiger charge is 2.28. The summed E-state index contributed by atoms with van der Waals surface area (Å²) in [6, 6.07) is -1.57. The van der Waals surface area contributed by atoms with Crippen molar-refractivity contribution in [3.63, 3.8) is 0 Å². The molecule has 0 saturated heterocycles. The number of allylic oxidation sites excluding steroid dienone is 5. The van der Waals surface area contributed by atoms with Gasteiger partial charge in [-0.2, -0.15) is 0 Å². The Balaban J connectivity index is 4.44. The number of ether oxygens (including phenoxy) is 2. The molecule has 14 heteroatoms. The van der Waals surface area contributed by atoms with Crippen molar-refractivity contribution in [2.24, 2.45) is 5.73 Å². The quantitative estimate of drug-likeness (QED) is 0.0167. The molecule has 0 aromatic rings. The van der Waals surface area contributed by atoms with Crippen LogP contribution >= 0.6 is 7.82 Å². The summed E-state index contributed by atoms with van der Waals surface area (Å²) in [6.45, 7) is 2.51. The van der Waals surface area contributed by atoms with E-state index in [2.05, 4.69) is 36.6 Å². The summed E-state index contributed by atoms with van der Waals surface area (Å²) >= 11 is 0. The minimum atomic E-state index is -4.80. The number of phosphoric ester groups is 1. The second-order valence-electron chi connectivity index (χ2n) is 17.3. The second kappa shape index (κ2) is 44.5. The molecule has 0 aromatic carbocycles. The van der Waals surface area contributed by atoms with E-state index in [9.17, 15) is 34.1 Å². The van der Waals surface area contributed by atoms with Gasteiger partial charge >= 0.3 is 25.7 Å². The number of esters is 2. The molecule has 13 nitrogen and oxygen atoms in total. The van der Waals surface area contributed by atoms with Crippen molar-refractivity contribution in [3.8, 4) is 0 Å². The summed E-state index contributed by atoms with van der Waals surface area (Å²) in [5, 5.41) is 29.7. The van der Waals surface area contributed by atoms with Gasteiger partial charge in [0, 0.05) is 12.8 Å². The molecular weight excluding hydrogens is 838 g/mol. The first kappa shape index (κ1) is 61.6. The van der Waals surface area contributed by atoms with Crippen LogP contribution < -0.4 is 5.73 Å². The Hall–Kier alpha value is -2.38. The van der Waals surface area contributed by atoms with E-state index in [0.717, 1.165) is 32.1 Å². The number of aliphatic hydroxyl groups is 2. The standard InChI is InChI=1S/C50H92NO12P/c1-3-5-7-9-11-13-15-17-18-19-20-21-22-23-24-25-27-29-31-33-35-39-48(54)60-41-44(42-61-64(58,59)62-43-45(51)50(56)57)63-49(55)40-36-38-47(53)46(52)37-34-32-30-28-26-16-14-12-10-8-6-4-2/h12,14,26,28,32,34,44-47,52-53H,3-11,13,15-25,27,29-31,33,35-43,51H2,1-2H3,(H,56,57)(H,58,59)/b14-12-,28-26-,34-32-/t44-,45+,46?,47?/m1/s1. The number of hydrogen-bond acceptors (Lipinski definition) is 11. The zero-order chi connectivity index (χ0) is 47.4. The Bertz CT molecular complexity index is 1260. The van der Waals surface area contributed by atoms with E-state index in [1.807, 2.05) is 12.2 Å². The van der Waals surface area contributed by atoms with E-state index in [4.69, 9.17) is 24.8 Å². The molecule has 5 atom stereocenters. The van der Waals surface area contributed by atoms with Gasteiger partial charge in [-0.3, -0.25) is 23.4 Å². The van der Waals surface area contributed by atoms with Gasteiger partial charge in [0.25, 0.3) is 0 Å². The van der Waals surface area contributed by atoms with Gasteiger partial charge in [0.2, 0.25) is 0 Å². The maximum absolute atomic E-state index is 12.7. The summed E-state index contributed by atoms with van der Waals surface area (Å²) in [6.07, 6.45) is 42.4. The lowest BCUT2D eigenvalue weighted by Gasteiger charge is -2.20. The lowest BCUT2D eigenvalue weighted by molar-refractivity contribution is -0.161. The molecule has 374 valence electrons. The third-order valence-electron chi connectivity index (χ3n) is 11.1. The van der Waals surface area contributed by atoms with E-state index in [1.165, 1.54) is 128 Å². The molecule has 0 aliphatic carbocycles. The maximum atomic E-state index is 12.7. The summed E-state index contributed by atoms with van der Waals surface area (Å²) in [7, 11) is -4.80. The first-order chi connectivity index (χ1) is 30.9. The maximum Gasteiger partial charge on any atom is 0.472 e. The van der Waals surface area contributed by atoms with Crippen LogP contribution in [0.15, 0.2) is 36.5 Å². The second-order valence-corrected chi connectivity index (χ2v) is 18.7. The van der Waals surface area contributed by atoms with E-state index in [1.54, 1.807) is 6.08 Å². The van der Waals surface area contributed by atoms with E-state index in [-0.39, 0.29) is 32.1 Å². The van der Waals surface area contributed by atoms with Crippen LogP contribution in [0.2, 0.25) is 0 Å². The molecule has 0 aliphatic heterocycles. The van der Waals surface area contributed by atoms with Crippen molar-refractivity contribution < 1.29 is 57.7 Å². The van der Waals surface area contributed by atoms with Gasteiger partial charge in [-0.1, -0.05) is 192 Å². The topological polar surface area (TPSA) is 212 Å². The van der Waals surface area contributed by atoms with Crippen LogP contribution in [0, 0.1) is 0 Å². The van der Waals surface area contributed by atoms with Gasteiger partial charge in [0.05, 0.1) is 25.4 Å². The smallest absolute Gasteiger partial charge is 0.472 e. The van der Waals surface area contributed by atoms with Crippen molar-refractivity contribution in [2.45, 2.75) is 244 Å². The van der Waals surface area contributed by atoms with Gasteiger partial charge in [-0.15, -0.1) is 0 Å². The molecule has 0 spiro atoms. The minimum Gasteiger partial charge on any atom is -0.480 e. The van der Waals surface area contributed by atoms with Gasteiger partial charge < -0.3 is 35.4 Å². The van der Waals surface area contributed by atoms with Crippen LogP contribution in [-0.4, -0.2) is 82.3 Å². The number of unbranched alkanes of at least 4 members (excludes halogenated alkanes) is 23. The van der Waals surface area contributed by atoms with Crippen LogP contribution in [0.4, 0.5) is 0 Å². The highest BCUT2D eigenvalue weighted by atomic mass is 31.2. The summed E-state index contributed by atoms with van der Waals surface area (Å²) in [4.78, 5) is 46.2. The average molecular weight is 930 g/mol. The molecule has 0 amide bonds. The molecule has 0 bridgehead atoms. The Morgan fingerprint density at radius 2 is 0.984 bits per heavy atom. The van der Waals surface area contributed by atoms with Gasteiger partial charge in [0.1, 0.15) is 12.6 Å². The van der Waals surface area contributed by atoms with Crippen molar-refractivity contribution in [1.29, 1.82) is 0 Å². The molecule has 0 rings (SSSR count). The fourth-order valence-electron chi connectivity index (χ4n) is 6.99. The highest BCUT2D eigenvalue weighted by molar-refractivity contribution is 7.47. The Morgan fingerprint density at radius 1 is 0.547 bits per heavy atom. The van der Waals surface area contributed by atoms with Crippen molar-refractivity contribution >= 4 is 25.7 Å². The third-order valence-corrected chi connectivity index (χ3v) is 12.0. The Kier molecular flexibility index (Phi) is 42.8. The Labute approximate surface area is 388 Å². The molecule has 64 heavy (non-hydrogen) atoms. The number of aliphatic carboxylic acids is 1. The first-order valence-corrected chi connectivity index (χ1v) is 26.7. The number of rotatable bonds is 47. The fourth-order valence-corrected chi connectivity index (χ4v) is 7.77. The van der Waals surface area contributed by atoms with Crippen LogP contribution in [0.25, 0.3) is 0 Å². The van der Waals surface area contributed by atoms with Gasteiger partial charge in [-0.25, -0.2) is 4.57 Å². The number of phosphoric acid groups is 1. The molecular formula is C50H92NO12P. The normalized spacial score (nSPS) is 14.8. The number of carbonyl (C=O) groups excluding carboxylic acids is 2. The van der Waals surface area contributed by atoms with Gasteiger partial charge in [0.15, 0.2) is 6.10 Å². The van der Waals surface area contributed by atoms with Crippen molar-refractivity contribution in [2.75, 3.05) is 19.8 Å². The first-order valence-electron chi connectivity index (χ1n) is 25.2. The predicted molar refractivity (Wildman–Crippen MR) is 257 cm³/mol. The number of aliphatic hydroxyl groups excluding tert-OH is 2. The SMILES string of the molecule is CCCCC/C=C\C/C=C\C/C=C\CC(O)C(O)CCCC(=O)O[C@H](COC(=O)CCCCCCCCCCCCCCCCCCCCCCC)COP(=O)(O)OC[C@H](N)C(=O)O.